The Balaban J connectivity index is 1.82. The first kappa shape index (κ1) is 25.6. The highest BCUT2D eigenvalue weighted by atomic mass is 32.2. The van der Waals surface area contributed by atoms with E-state index in [-0.39, 0.29) is 5.75 Å². The maximum atomic E-state index is 12.8. The Morgan fingerprint density at radius 2 is 1.74 bits per heavy atom. The first-order valence-corrected chi connectivity index (χ1v) is 11.5. The summed E-state index contributed by atoms with van der Waals surface area (Å²) >= 11 is 0. The summed E-state index contributed by atoms with van der Waals surface area (Å²) in [7, 11) is 0.111. The van der Waals surface area contributed by atoms with Crippen molar-refractivity contribution in [2.45, 2.75) is 44.3 Å². The van der Waals surface area contributed by atoms with Gasteiger partial charge in [-0.3, -0.25) is 4.98 Å². The molecule has 3 rings (SSSR count). The maximum Gasteiger partial charge on any atom is 0.422 e. The van der Waals surface area contributed by atoms with Gasteiger partial charge in [0.05, 0.1) is 47.5 Å². The second kappa shape index (κ2) is 10.5. The summed E-state index contributed by atoms with van der Waals surface area (Å²) in [5, 5.41) is 8.38. The van der Waals surface area contributed by atoms with Gasteiger partial charge in [0.15, 0.2) is 6.61 Å². The van der Waals surface area contributed by atoms with E-state index in [4.69, 9.17) is 9.47 Å². The lowest BCUT2D eigenvalue weighted by atomic mass is 10.1. The van der Waals surface area contributed by atoms with Crippen LogP contribution in [0.25, 0.3) is 0 Å². The number of alkyl halides is 3. The molecule has 0 saturated heterocycles. The SMILES string of the molecule is COc1ccc(Cn2cc(C(N[S@@](=O)C(C)(C)C)c3ccc(OCC(F)(F)F)cn3)nn2)cc1. The lowest BCUT2D eigenvalue weighted by Crippen LogP contribution is -2.36. The lowest BCUT2D eigenvalue weighted by molar-refractivity contribution is -0.153. The molecule has 0 saturated carbocycles. The van der Waals surface area contributed by atoms with Crippen LogP contribution in [-0.2, 0) is 17.5 Å². The minimum atomic E-state index is -4.45. The monoisotopic (exact) mass is 497 g/mol. The van der Waals surface area contributed by atoms with Crippen LogP contribution >= 0.6 is 0 Å². The Morgan fingerprint density at radius 3 is 2.29 bits per heavy atom. The highest BCUT2D eigenvalue weighted by Gasteiger charge is 2.29. The average molecular weight is 498 g/mol. The number of halogens is 3. The molecule has 2 heterocycles. The van der Waals surface area contributed by atoms with Crippen LogP contribution in [0.15, 0.2) is 48.8 Å². The van der Waals surface area contributed by atoms with Gasteiger partial charge in [-0.15, -0.1) is 5.10 Å². The summed E-state index contributed by atoms with van der Waals surface area (Å²) in [5.74, 6) is 0.714. The van der Waals surface area contributed by atoms with Crippen molar-refractivity contribution in [1.29, 1.82) is 0 Å². The number of aromatic nitrogens is 4. The Kier molecular flexibility index (Phi) is 7.93. The molecule has 0 aliphatic carbocycles. The van der Waals surface area contributed by atoms with Crippen molar-refractivity contribution in [2.24, 2.45) is 0 Å². The molecule has 3 aromatic rings. The van der Waals surface area contributed by atoms with Crippen LogP contribution in [0, 0.1) is 0 Å². The van der Waals surface area contributed by atoms with Gasteiger partial charge >= 0.3 is 6.18 Å². The molecule has 184 valence electrons. The number of nitrogens with zero attached hydrogens (tertiary/aromatic N) is 4. The summed E-state index contributed by atoms with van der Waals surface area (Å²) in [4.78, 5) is 4.22. The number of hydrogen-bond acceptors (Lipinski definition) is 6. The minimum absolute atomic E-state index is 0.0278. The van der Waals surface area contributed by atoms with Crippen molar-refractivity contribution in [1.82, 2.24) is 24.7 Å². The first-order chi connectivity index (χ1) is 15.9. The third-order valence-electron chi connectivity index (χ3n) is 4.59. The predicted octanol–water partition coefficient (Wildman–Crippen LogP) is 3.81. The zero-order valence-corrected chi connectivity index (χ0v) is 20.0. The van der Waals surface area contributed by atoms with E-state index in [9.17, 15) is 17.4 Å². The van der Waals surface area contributed by atoms with Crippen molar-refractivity contribution in [3.8, 4) is 11.5 Å². The van der Waals surface area contributed by atoms with E-state index < -0.39 is 34.6 Å². The molecule has 1 N–H and O–H groups in total. The van der Waals surface area contributed by atoms with Crippen LogP contribution in [0.4, 0.5) is 13.2 Å². The van der Waals surface area contributed by atoms with Crippen molar-refractivity contribution >= 4 is 11.0 Å². The van der Waals surface area contributed by atoms with Crippen LogP contribution in [0.2, 0.25) is 0 Å². The third-order valence-corrected chi connectivity index (χ3v) is 6.16. The van der Waals surface area contributed by atoms with Gasteiger partial charge < -0.3 is 9.47 Å². The van der Waals surface area contributed by atoms with Crippen LogP contribution in [-0.4, -0.2) is 48.8 Å². The van der Waals surface area contributed by atoms with E-state index in [1.807, 2.05) is 45.0 Å². The molecular weight excluding hydrogens is 471 g/mol. The van der Waals surface area contributed by atoms with Crippen molar-refractivity contribution < 1.29 is 26.9 Å². The molecule has 1 aromatic carbocycles. The van der Waals surface area contributed by atoms with E-state index in [1.165, 1.54) is 18.3 Å². The molecular formula is C22H26F3N5O3S. The molecule has 0 bridgehead atoms. The highest BCUT2D eigenvalue weighted by molar-refractivity contribution is 7.84. The Hall–Kier alpha value is -2.99. The molecule has 0 amide bonds. The van der Waals surface area contributed by atoms with E-state index in [0.29, 0.717) is 17.9 Å². The smallest absolute Gasteiger partial charge is 0.422 e. The summed E-state index contributed by atoms with van der Waals surface area (Å²) in [6.07, 6.45) is -1.55. The molecule has 2 atom stereocenters. The van der Waals surface area contributed by atoms with Gasteiger partial charge in [-0.25, -0.2) is 13.6 Å². The van der Waals surface area contributed by atoms with Gasteiger partial charge in [0.2, 0.25) is 0 Å². The quantitative estimate of drug-likeness (QED) is 0.484. The van der Waals surface area contributed by atoms with E-state index in [0.717, 1.165) is 11.3 Å². The van der Waals surface area contributed by atoms with Gasteiger partial charge in [0.1, 0.15) is 23.2 Å². The largest absolute Gasteiger partial charge is 0.497 e. The number of hydrogen-bond donors (Lipinski definition) is 1. The van der Waals surface area contributed by atoms with Crippen molar-refractivity contribution in [2.75, 3.05) is 13.7 Å². The molecule has 34 heavy (non-hydrogen) atoms. The molecule has 2 aromatic heterocycles. The average Bonchev–Trinajstić information content (AvgIpc) is 3.24. The number of rotatable bonds is 9. The topological polar surface area (TPSA) is 91.2 Å². The molecule has 1 unspecified atom stereocenters. The number of pyridine rings is 1. The molecule has 0 spiro atoms. The van der Waals surface area contributed by atoms with Gasteiger partial charge in [0.25, 0.3) is 0 Å². The fourth-order valence-electron chi connectivity index (χ4n) is 2.81. The van der Waals surface area contributed by atoms with Crippen LogP contribution in [0.1, 0.15) is 43.8 Å². The zero-order chi connectivity index (χ0) is 24.9. The molecule has 0 fully saturated rings. The molecule has 12 heteroatoms. The van der Waals surface area contributed by atoms with Crippen LogP contribution < -0.4 is 14.2 Å². The summed E-state index contributed by atoms with van der Waals surface area (Å²) < 4.78 is 64.0. The van der Waals surface area contributed by atoms with Gasteiger partial charge in [-0.1, -0.05) is 17.3 Å². The second-order valence-electron chi connectivity index (χ2n) is 8.44. The third kappa shape index (κ3) is 7.26. The van der Waals surface area contributed by atoms with Gasteiger partial charge in [0, 0.05) is 0 Å². The first-order valence-electron chi connectivity index (χ1n) is 10.3. The normalized spacial score (nSPS) is 14.0. The highest BCUT2D eigenvalue weighted by Crippen LogP contribution is 2.24. The Bertz CT molecular complexity index is 1100. The van der Waals surface area contributed by atoms with E-state index >= 15 is 0 Å². The fraction of sp³-hybridized carbons (Fsp3) is 0.409. The van der Waals surface area contributed by atoms with Gasteiger partial charge in [-0.05, 0) is 50.6 Å². The van der Waals surface area contributed by atoms with Crippen molar-refractivity contribution in [3.05, 3.63) is 65.7 Å². The zero-order valence-electron chi connectivity index (χ0n) is 19.2. The number of benzene rings is 1. The summed E-state index contributed by atoms with van der Waals surface area (Å²) in [5.41, 5.74) is 1.85. The fourth-order valence-corrected chi connectivity index (χ4v) is 3.62. The Morgan fingerprint density at radius 1 is 1.06 bits per heavy atom. The number of methoxy groups -OCH3 is 1. The summed E-state index contributed by atoms with van der Waals surface area (Å²) in [6, 6.07) is 9.68. The minimum Gasteiger partial charge on any atom is -0.497 e. The van der Waals surface area contributed by atoms with Crippen LogP contribution in [0.3, 0.4) is 0 Å². The van der Waals surface area contributed by atoms with Crippen LogP contribution in [0.5, 0.6) is 11.5 Å². The number of ether oxygens (including phenoxy) is 2. The standard InChI is InChI=1S/C22H26F3N5O3S/c1-21(2,3)34(31)28-20(18-10-9-17(11-26-18)33-14-22(23,24)25)19-13-30(29-27-19)12-15-5-7-16(32-4)8-6-15/h5-11,13,20,28H,12,14H2,1-4H3/t20?,34-/m0/s1. The van der Waals surface area contributed by atoms with E-state index in [2.05, 4.69) is 20.0 Å². The molecule has 8 nitrogen and oxygen atoms in total. The Labute approximate surface area is 198 Å². The predicted molar refractivity (Wildman–Crippen MR) is 121 cm³/mol. The number of nitrogens with one attached hydrogen (secondary N) is 1. The molecule has 0 aliphatic heterocycles. The maximum absolute atomic E-state index is 12.8. The van der Waals surface area contributed by atoms with Gasteiger partial charge in [-0.2, -0.15) is 13.2 Å². The molecule has 0 radical (unpaired) electrons. The summed E-state index contributed by atoms with van der Waals surface area (Å²) in [6.45, 7) is 4.48. The van der Waals surface area contributed by atoms with Crippen molar-refractivity contribution in [3.63, 3.8) is 0 Å². The lowest BCUT2D eigenvalue weighted by Gasteiger charge is -2.23. The van der Waals surface area contributed by atoms with E-state index in [1.54, 1.807) is 18.0 Å². The molecule has 0 aliphatic rings. The second-order valence-corrected chi connectivity index (χ2v) is 10.4.